The van der Waals surface area contributed by atoms with Crippen molar-refractivity contribution in [1.82, 2.24) is 15.5 Å². The minimum Gasteiger partial charge on any atom is -0.395 e. The summed E-state index contributed by atoms with van der Waals surface area (Å²) >= 11 is 1.71. The van der Waals surface area contributed by atoms with Gasteiger partial charge in [0.1, 0.15) is 0 Å². The van der Waals surface area contributed by atoms with Crippen LogP contribution in [0.15, 0.2) is 0 Å². The Morgan fingerprint density at radius 1 is 1.69 bits per heavy atom. The van der Waals surface area contributed by atoms with E-state index in [1.807, 2.05) is 13.2 Å². The highest BCUT2D eigenvalue weighted by Gasteiger charge is 2.17. The third-order valence-corrected chi connectivity index (χ3v) is 3.14. The molecule has 0 saturated heterocycles. The molecule has 16 heavy (non-hydrogen) atoms. The molecule has 1 heterocycles. The zero-order valence-corrected chi connectivity index (χ0v) is 10.6. The summed E-state index contributed by atoms with van der Waals surface area (Å²) in [5, 5.41) is 9.51. The molecule has 0 saturated carbocycles. The number of carbonyl (C=O) groups is 1. The predicted octanol–water partition coefficient (Wildman–Crippen LogP) is 1.17. The number of amides is 1. The number of rotatable bonds is 5. The number of aromatic amines is 1. The second-order valence-corrected chi connectivity index (χ2v) is 4.56. The lowest BCUT2D eigenvalue weighted by molar-refractivity contribution is 0.0936. The molecular weight excluding hydrogens is 224 g/mol. The molecule has 0 aliphatic heterocycles. The van der Waals surface area contributed by atoms with E-state index in [0.717, 1.165) is 17.9 Å². The van der Waals surface area contributed by atoms with Crippen LogP contribution in [0.4, 0.5) is 5.69 Å². The first-order valence-electron chi connectivity index (χ1n) is 5.20. The Labute approximate surface area is 99.6 Å². The minimum atomic E-state index is -0.206. The van der Waals surface area contributed by atoms with Gasteiger partial charge in [0.15, 0.2) is 5.69 Å². The van der Waals surface area contributed by atoms with Crippen molar-refractivity contribution in [1.29, 1.82) is 0 Å². The van der Waals surface area contributed by atoms with E-state index < -0.39 is 0 Å². The van der Waals surface area contributed by atoms with Gasteiger partial charge in [-0.2, -0.15) is 16.9 Å². The van der Waals surface area contributed by atoms with Crippen LogP contribution in [0.5, 0.6) is 0 Å². The van der Waals surface area contributed by atoms with Crippen LogP contribution in [0.3, 0.4) is 0 Å². The number of thioether (sulfide) groups is 1. The average molecular weight is 242 g/mol. The van der Waals surface area contributed by atoms with Gasteiger partial charge in [0, 0.05) is 11.8 Å². The molecule has 0 aliphatic carbocycles. The van der Waals surface area contributed by atoms with Gasteiger partial charge in [-0.05, 0) is 19.6 Å². The van der Waals surface area contributed by atoms with Crippen LogP contribution in [-0.4, -0.2) is 34.2 Å². The van der Waals surface area contributed by atoms with Gasteiger partial charge in [0.05, 0.1) is 11.4 Å². The Kier molecular flexibility index (Phi) is 4.67. The molecule has 6 heteroatoms. The Hall–Kier alpha value is -1.17. The normalized spacial score (nSPS) is 12.4. The molecule has 1 rings (SSSR count). The van der Waals surface area contributed by atoms with Crippen molar-refractivity contribution < 1.29 is 4.79 Å². The van der Waals surface area contributed by atoms with Crippen molar-refractivity contribution in [2.45, 2.75) is 26.3 Å². The second kappa shape index (κ2) is 5.79. The van der Waals surface area contributed by atoms with Crippen molar-refractivity contribution >= 4 is 23.4 Å². The lowest BCUT2D eigenvalue weighted by atomic mass is 10.2. The van der Waals surface area contributed by atoms with E-state index in [1.165, 1.54) is 0 Å². The number of nitrogens with zero attached hydrogens (tertiary/aromatic N) is 1. The third-order valence-electron chi connectivity index (χ3n) is 2.41. The predicted molar refractivity (Wildman–Crippen MR) is 67.7 cm³/mol. The summed E-state index contributed by atoms with van der Waals surface area (Å²) in [5.41, 5.74) is 7.18. The summed E-state index contributed by atoms with van der Waals surface area (Å²) in [6.45, 7) is 3.83. The van der Waals surface area contributed by atoms with Gasteiger partial charge in [-0.1, -0.05) is 6.92 Å². The van der Waals surface area contributed by atoms with Gasteiger partial charge in [-0.25, -0.2) is 0 Å². The lowest BCUT2D eigenvalue weighted by Gasteiger charge is -2.14. The van der Waals surface area contributed by atoms with Gasteiger partial charge >= 0.3 is 0 Å². The Balaban J connectivity index is 2.68. The number of nitrogens with one attached hydrogen (secondary N) is 2. The first kappa shape index (κ1) is 12.9. The number of nitrogens with two attached hydrogens (primary N) is 1. The van der Waals surface area contributed by atoms with Gasteiger partial charge in [-0.3, -0.25) is 9.89 Å². The summed E-state index contributed by atoms with van der Waals surface area (Å²) in [6.07, 6.45) is 2.91. The van der Waals surface area contributed by atoms with Crippen molar-refractivity contribution in [3.05, 3.63) is 11.4 Å². The number of anilines is 1. The van der Waals surface area contributed by atoms with Crippen LogP contribution in [0.25, 0.3) is 0 Å². The fourth-order valence-electron chi connectivity index (χ4n) is 1.33. The van der Waals surface area contributed by atoms with Gasteiger partial charge in [-0.15, -0.1) is 0 Å². The van der Waals surface area contributed by atoms with Crippen molar-refractivity contribution in [2.24, 2.45) is 0 Å². The van der Waals surface area contributed by atoms with Crippen LogP contribution in [-0.2, 0) is 0 Å². The van der Waals surface area contributed by atoms with E-state index in [9.17, 15) is 4.79 Å². The summed E-state index contributed by atoms with van der Waals surface area (Å²) in [5.74, 6) is 0.689. The lowest BCUT2D eigenvalue weighted by Crippen LogP contribution is -2.36. The van der Waals surface area contributed by atoms with Crippen LogP contribution >= 0.6 is 11.8 Å². The van der Waals surface area contributed by atoms with Crippen LogP contribution in [0.1, 0.15) is 29.5 Å². The number of H-pyrrole nitrogens is 1. The molecular formula is C10H18N4OS. The Morgan fingerprint density at radius 3 is 2.81 bits per heavy atom. The Bertz CT molecular complexity index is 364. The first-order valence-corrected chi connectivity index (χ1v) is 6.59. The van der Waals surface area contributed by atoms with Crippen molar-refractivity contribution in [3.63, 3.8) is 0 Å². The molecule has 1 aromatic heterocycles. The average Bonchev–Trinajstić information content (AvgIpc) is 2.59. The number of carbonyl (C=O) groups excluding carboxylic acids is 1. The highest BCUT2D eigenvalue weighted by atomic mass is 32.2. The van der Waals surface area contributed by atoms with Crippen LogP contribution in [0, 0.1) is 6.92 Å². The summed E-state index contributed by atoms with van der Waals surface area (Å²) in [7, 11) is 0. The van der Waals surface area contributed by atoms with Crippen molar-refractivity contribution in [2.75, 3.05) is 17.7 Å². The molecule has 0 aliphatic rings. The molecule has 1 atom stereocenters. The first-order chi connectivity index (χ1) is 7.60. The van der Waals surface area contributed by atoms with Crippen LogP contribution < -0.4 is 11.1 Å². The molecule has 90 valence electrons. The molecule has 1 amide bonds. The number of nitrogen functional groups attached to an aromatic ring is 1. The van der Waals surface area contributed by atoms with E-state index in [-0.39, 0.29) is 17.6 Å². The summed E-state index contributed by atoms with van der Waals surface area (Å²) in [4.78, 5) is 11.8. The SMILES string of the molecule is CCC(CSC)NC(=O)c1n[nH]c(C)c1N. The number of hydrogen-bond donors (Lipinski definition) is 3. The molecule has 1 unspecified atom stereocenters. The summed E-state index contributed by atoms with van der Waals surface area (Å²) in [6, 6.07) is 0.166. The number of aryl methyl sites for hydroxylation is 1. The fraction of sp³-hybridized carbons (Fsp3) is 0.600. The maximum Gasteiger partial charge on any atom is 0.274 e. The molecule has 0 radical (unpaired) electrons. The zero-order valence-electron chi connectivity index (χ0n) is 9.83. The van der Waals surface area contributed by atoms with Crippen LogP contribution in [0.2, 0.25) is 0 Å². The molecule has 0 aromatic carbocycles. The highest BCUT2D eigenvalue weighted by molar-refractivity contribution is 7.98. The number of aromatic nitrogens is 2. The minimum absolute atomic E-state index is 0.166. The van der Waals surface area contributed by atoms with E-state index in [4.69, 9.17) is 5.73 Å². The maximum absolute atomic E-state index is 11.8. The van der Waals surface area contributed by atoms with E-state index >= 15 is 0 Å². The standard InChI is InChI=1S/C10H18N4OS/c1-4-7(5-16-3)12-10(15)9-8(11)6(2)13-14-9/h7H,4-5,11H2,1-3H3,(H,12,15)(H,13,14). The molecule has 4 N–H and O–H groups in total. The third kappa shape index (κ3) is 2.91. The molecule has 1 aromatic rings. The van der Waals surface area contributed by atoms with Gasteiger partial charge < -0.3 is 11.1 Å². The number of hydrogen-bond acceptors (Lipinski definition) is 4. The van der Waals surface area contributed by atoms with E-state index in [0.29, 0.717) is 5.69 Å². The van der Waals surface area contributed by atoms with E-state index in [2.05, 4.69) is 15.5 Å². The fourth-order valence-corrected chi connectivity index (χ4v) is 2.05. The smallest absolute Gasteiger partial charge is 0.274 e. The van der Waals surface area contributed by atoms with Gasteiger partial charge in [0.25, 0.3) is 5.91 Å². The molecule has 0 fully saturated rings. The molecule has 5 nitrogen and oxygen atoms in total. The van der Waals surface area contributed by atoms with Gasteiger partial charge in [0.2, 0.25) is 0 Å². The highest BCUT2D eigenvalue weighted by Crippen LogP contribution is 2.12. The maximum atomic E-state index is 11.8. The molecule has 0 spiro atoms. The van der Waals surface area contributed by atoms with Crippen molar-refractivity contribution in [3.8, 4) is 0 Å². The molecule has 0 bridgehead atoms. The summed E-state index contributed by atoms with van der Waals surface area (Å²) < 4.78 is 0. The van der Waals surface area contributed by atoms with E-state index in [1.54, 1.807) is 18.7 Å². The monoisotopic (exact) mass is 242 g/mol. The topological polar surface area (TPSA) is 83.8 Å². The Morgan fingerprint density at radius 2 is 2.38 bits per heavy atom. The zero-order chi connectivity index (χ0) is 12.1. The quantitative estimate of drug-likeness (QED) is 0.723. The largest absolute Gasteiger partial charge is 0.395 e. The second-order valence-electron chi connectivity index (χ2n) is 3.64.